The van der Waals surface area contributed by atoms with Gasteiger partial charge in [0.1, 0.15) is 5.82 Å². The van der Waals surface area contributed by atoms with Gasteiger partial charge in [-0.05, 0) is 54.0 Å². The van der Waals surface area contributed by atoms with E-state index in [0.717, 1.165) is 28.7 Å². The van der Waals surface area contributed by atoms with Gasteiger partial charge in [0.15, 0.2) is 17.3 Å². The molecule has 4 rings (SSSR count). The van der Waals surface area contributed by atoms with Crippen LogP contribution in [0.3, 0.4) is 0 Å². The molecular weight excluding hydrogens is 424 g/mol. The van der Waals surface area contributed by atoms with Gasteiger partial charge in [-0.2, -0.15) is 0 Å². The summed E-state index contributed by atoms with van der Waals surface area (Å²) in [6.45, 7) is 0.713. The lowest BCUT2D eigenvalue weighted by Gasteiger charge is -2.13. The van der Waals surface area contributed by atoms with Gasteiger partial charge in [-0.25, -0.2) is 9.97 Å². The van der Waals surface area contributed by atoms with Crippen molar-refractivity contribution in [3.05, 3.63) is 82.9 Å². The van der Waals surface area contributed by atoms with Gasteiger partial charge in [0.2, 0.25) is 0 Å². The molecule has 6 nitrogen and oxygen atoms in total. The Bertz CT molecular complexity index is 1230. The van der Waals surface area contributed by atoms with Crippen molar-refractivity contribution < 1.29 is 9.47 Å². The topological polar surface area (TPSA) is 69.2 Å². The van der Waals surface area contributed by atoms with Gasteiger partial charge >= 0.3 is 0 Å². The van der Waals surface area contributed by atoms with Crippen molar-refractivity contribution >= 4 is 40.5 Å². The number of halogens is 1. The third-order valence-electron chi connectivity index (χ3n) is 4.97. The summed E-state index contributed by atoms with van der Waals surface area (Å²) >= 11 is 5.98. The largest absolute Gasteiger partial charge is 0.493 e. The number of methoxy groups -OCH3 is 2. The second-order valence-electron chi connectivity index (χ2n) is 7.07. The Hall–Kier alpha value is -3.64. The van der Waals surface area contributed by atoms with Gasteiger partial charge in [0.05, 0.1) is 19.7 Å². The van der Waals surface area contributed by atoms with E-state index in [2.05, 4.69) is 10.3 Å². The molecule has 0 fully saturated rings. The maximum atomic E-state index is 5.98. The first-order chi connectivity index (χ1) is 15.7. The zero-order chi connectivity index (χ0) is 22.3. The fraction of sp³-hybridized carbons (Fsp3) is 0.160. The van der Waals surface area contributed by atoms with Gasteiger partial charge < -0.3 is 14.8 Å². The summed E-state index contributed by atoms with van der Waals surface area (Å²) in [6.07, 6.45) is 8.28. The number of aromatic nitrogens is 3. The number of nitrogens with zero attached hydrogens (tertiary/aromatic N) is 3. The monoisotopic (exact) mass is 446 g/mol. The third-order valence-corrected chi connectivity index (χ3v) is 5.22. The molecule has 1 N–H and O–H groups in total. The number of nitrogens with one attached hydrogen (secondary N) is 1. The summed E-state index contributed by atoms with van der Waals surface area (Å²) in [5.41, 5.74) is 2.98. The van der Waals surface area contributed by atoms with Gasteiger partial charge in [-0.1, -0.05) is 29.8 Å². The second-order valence-corrected chi connectivity index (χ2v) is 7.51. The first-order valence-corrected chi connectivity index (χ1v) is 10.5. The fourth-order valence-electron chi connectivity index (χ4n) is 3.30. The molecule has 0 radical (unpaired) electrons. The zero-order valence-corrected chi connectivity index (χ0v) is 18.6. The van der Waals surface area contributed by atoms with Gasteiger partial charge in [0, 0.05) is 35.4 Å². The summed E-state index contributed by atoms with van der Waals surface area (Å²) in [7, 11) is 3.23. The van der Waals surface area contributed by atoms with Crippen molar-refractivity contribution in [3.63, 3.8) is 0 Å². The van der Waals surface area contributed by atoms with Crippen LogP contribution < -0.4 is 14.8 Å². The number of ether oxygens (including phenoxy) is 2. The molecule has 0 unspecified atom stereocenters. The smallest absolute Gasteiger partial charge is 0.162 e. The minimum absolute atomic E-state index is 0.589. The summed E-state index contributed by atoms with van der Waals surface area (Å²) in [4.78, 5) is 13.5. The summed E-state index contributed by atoms with van der Waals surface area (Å²) < 4.78 is 10.9. The highest BCUT2D eigenvalue weighted by molar-refractivity contribution is 6.30. The van der Waals surface area contributed by atoms with Crippen LogP contribution in [0.5, 0.6) is 11.5 Å². The van der Waals surface area contributed by atoms with Crippen molar-refractivity contribution in [2.75, 3.05) is 26.1 Å². The molecule has 0 aliphatic heterocycles. The molecule has 0 amide bonds. The number of hydrogen-bond acceptors (Lipinski definition) is 6. The number of anilines is 1. The Morgan fingerprint density at radius 1 is 0.906 bits per heavy atom. The number of benzene rings is 2. The van der Waals surface area contributed by atoms with Crippen molar-refractivity contribution in [2.45, 2.75) is 6.42 Å². The zero-order valence-electron chi connectivity index (χ0n) is 17.9. The van der Waals surface area contributed by atoms with E-state index in [-0.39, 0.29) is 0 Å². The third kappa shape index (κ3) is 5.15. The fourth-order valence-corrected chi connectivity index (χ4v) is 3.43. The standard InChI is InChI=1S/C25H23ClN4O2/c1-31-22-15-20-21(16-23(22)32-2)29-24(8-5-17-3-6-19(26)7-4-17)30-25(20)28-14-11-18-9-12-27-13-10-18/h3-10,12-13,15-16H,11,14H2,1-2H3,(H,28,29,30)/b8-5+. The van der Waals surface area contributed by atoms with Crippen LogP contribution in [0, 0.1) is 0 Å². The molecule has 0 aliphatic rings. The van der Waals surface area contributed by atoms with Crippen LogP contribution in [0.2, 0.25) is 5.02 Å². The highest BCUT2D eigenvalue weighted by atomic mass is 35.5. The molecule has 162 valence electrons. The number of fused-ring (bicyclic) bond motifs is 1. The Kier molecular flexibility index (Phi) is 6.82. The molecule has 0 atom stereocenters. The van der Waals surface area contributed by atoms with Crippen LogP contribution in [0.25, 0.3) is 23.1 Å². The molecule has 32 heavy (non-hydrogen) atoms. The van der Waals surface area contributed by atoms with E-state index in [0.29, 0.717) is 28.9 Å². The predicted molar refractivity (Wildman–Crippen MR) is 129 cm³/mol. The average Bonchev–Trinajstić information content (AvgIpc) is 2.83. The van der Waals surface area contributed by atoms with E-state index in [1.54, 1.807) is 26.6 Å². The Morgan fingerprint density at radius 3 is 2.34 bits per heavy atom. The Labute approximate surface area is 191 Å². The normalized spacial score (nSPS) is 11.1. The van der Waals surface area contributed by atoms with Gasteiger partial charge in [-0.15, -0.1) is 0 Å². The van der Waals surface area contributed by atoms with Crippen LogP contribution >= 0.6 is 11.6 Å². The number of rotatable bonds is 8. The quantitative estimate of drug-likeness (QED) is 0.384. The summed E-state index contributed by atoms with van der Waals surface area (Å²) in [6, 6.07) is 15.4. The van der Waals surface area contributed by atoms with Crippen LogP contribution in [0.4, 0.5) is 5.82 Å². The Balaban J connectivity index is 1.68. The average molecular weight is 447 g/mol. The molecule has 0 spiro atoms. The van der Waals surface area contributed by atoms with E-state index in [1.165, 1.54) is 5.56 Å². The van der Waals surface area contributed by atoms with E-state index in [9.17, 15) is 0 Å². The number of pyridine rings is 1. The molecule has 2 heterocycles. The number of hydrogen-bond donors (Lipinski definition) is 1. The molecule has 0 aliphatic carbocycles. The maximum absolute atomic E-state index is 5.98. The lowest BCUT2D eigenvalue weighted by Crippen LogP contribution is -2.08. The van der Waals surface area contributed by atoms with Crippen molar-refractivity contribution in [1.29, 1.82) is 0 Å². The van der Waals surface area contributed by atoms with E-state index in [4.69, 9.17) is 31.0 Å². The minimum atomic E-state index is 0.589. The van der Waals surface area contributed by atoms with Gasteiger partial charge in [-0.3, -0.25) is 4.98 Å². The summed E-state index contributed by atoms with van der Waals surface area (Å²) in [5, 5.41) is 5.01. The van der Waals surface area contributed by atoms with E-state index in [1.807, 2.05) is 60.7 Å². The molecule has 0 saturated carbocycles. The predicted octanol–water partition coefficient (Wildman–Crippen LogP) is 5.52. The first kappa shape index (κ1) is 21.6. The lowest BCUT2D eigenvalue weighted by molar-refractivity contribution is 0.356. The highest BCUT2D eigenvalue weighted by Gasteiger charge is 2.12. The van der Waals surface area contributed by atoms with Crippen LogP contribution in [0.15, 0.2) is 60.9 Å². The van der Waals surface area contributed by atoms with E-state index < -0.39 is 0 Å². The van der Waals surface area contributed by atoms with Crippen molar-refractivity contribution in [2.24, 2.45) is 0 Å². The van der Waals surface area contributed by atoms with E-state index >= 15 is 0 Å². The van der Waals surface area contributed by atoms with Crippen LogP contribution in [0.1, 0.15) is 17.0 Å². The summed E-state index contributed by atoms with van der Waals surface area (Å²) in [5.74, 6) is 2.58. The maximum Gasteiger partial charge on any atom is 0.162 e. The minimum Gasteiger partial charge on any atom is -0.493 e. The molecule has 2 aromatic carbocycles. The Morgan fingerprint density at radius 2 is 1.62 bits per heavy atom. The molecule has 7 heteroatoms. The van der Waals surface area contributed by atoms with Crippen molar-refractivity contribution in [1.82, 2.24) is 15.0 Å². The molecular formula is C25H23ClN4O2. The SMILES string of the molecule is COc1cc2nc(/C=C/c3ccc(Cl)cc3)nc(NCCc3ccncc3)c2cc1OC. The first-order valence-electron chi connectivity index (χ1n) is 10.2. The lowest BCUT2D eigenvalue weighted by atomic mass is 10.1. The molecule has 0 saturated heterocycles. The highest BCUT2D eigenvalue weighted by Crippen LogP contribution is 2.34. The molecule has 0 bridgehead atoms. The molecule has 4 aromatic rings. The van der Waals surface area contributed by atoms with Crippen molar-refractivity contribution in [3.8, 4) is 11.5 Å². The second kappa shape index (κ2) is 10.1. The van der Waals surface area contributed by atoms with Crippen LogP contribution in [-0.2, 0) is 6.42 Å². The van der Waals surface area contributed by atoms with Gasteiger partial charge in [0.25, 0.3) is 0 Å². The van der Waals surface area contributed by atoms with Crippen LogP contribution in [-0.4, -0.2) is 35.7 Å². The molecule has 2 aromatic heterocycles.